The molecule has 1 heterocycles. The van der Waals surface area contributed by atoms with Crippen molar-refractivity contribution < 1.29 is 4.79 Å². The van der Waals surface area contributed by atoms with Gasteiger partial charge >= 0.3 is 5.69 Å². The van der Waals surface area contributed by atoms with Crippen LogP contribution in [0.1, 0.15) is 32.4 Å². The molecule has 1 atom stereocenters. The lowest BCUT2D eigenvalue weighted by atomic mass is 10.2. The number of rotatable bonds is 4. The van der Waals surface area contributed by atoms with Crippen molar-refractivity contribution in [2.45, 2.75) is 39.8 Å². The van der Waals surface area contributed by atoms with Crippen LogP contribution in [0.25, 0.3) is 16.6 Å². The summed E-state index contributed by atoms with van der Waals surface area (Å²) in [6, 6.07) is 10.9. The van der Waals surface area contributed by atoms with Crippen LogP contribution >= 0.6 is 11.6 Å². The second kappa shape index (κ2) is 7.64. The van der Waals surface area contributed by atoms with Crippen LogP contribution in [0.3, 0.4) is 0 Å². The molecule has 146 valence electrons. The van der Waals surface area contributed by atoms with Crippen LogP contribution < -0.4 is 16.6 Å². The van der Waals surface area contributed by atoms with Gasteiger partial charge in [0.15, 0.2) is 0 Å². The Kier molecular flexibility index (Phi) is 5.42. The average Bonchev–Trinajstić information content (AvgIpc) is 2.61. The molecule has 0 saturated carbocycles. The van der Waals surface area contributed by atoms with Crippen molar-refractivity contribution in [1.29, 1.82) is 0 Å². The molecule has 1 amide bonds. The first-order chi connectivity index (χ1) is 13.2. The van der Waals surface area contributed by atoms with Gasteiger partial charge in [-0.15, -0.1) is 0 Å². The Morgan fingerprint density at radius 2 is 1.79 bits per heavy atom. The summed E-state index contributed by atoms with van der Waals surface area (Å²) in [7, 11) is 0. The highest BCUT2D eigenvalue weighted by atomic mass is 35.5. The number of hydrogen-bond donors (Lipinski definition) is 1. The molecule has 0 aliphatic rings. The quantitative estimate of drug-likeness (QED) is 0.732. The van der Waals surface area contributed by atoms with Crippen LogP contribution in [0.15, 0.2) is 52.1 Å². The molecule has 0 aliphatic carbocycles. The number of nitrogens with zero attached hydrogens (tertiary/aromatic N) is 2. The van der Waals surface area contributed by atoms with Crippen LogP contribution in [-0.4, -0.2) is 21.1 Å². The van der Waals surface area contributed by atoms with E-state index >= 15 is 0 Å². The standard InChI is InChI=1S/C21H22ClN3O3/c1-12(2)23-19(26)14(4)24-18-11-15(22)8-9-17(18)20(27)25(21(24)28)16-7-5-6-13(3)10-16/h5-12,14H,1-4H3,(H,23,26)/t14-/m1/s1. The fraction of sp³-hybridized carbons (Fsp3) is 0.286. The molecular weight excluding hydrogens is 378 g/mol. The summed E-state index contributed by atoms with van der Waals surface area (Å²) < 4.78 is 2.42. The van der Waals surface area contributed by atoms with Gasteiger partial charge in [0.1, 0.15) is 6.04 Å². The maximum Gasteiger partial charge on any atom is 0.336 e. The molecule has 7 heteroatoms. The van der Waals surface area contributed by atoms with Crippen LogP contribution in [0, 0.1) is 6.92 Å². The van der Waals surface area contributed by atoms with Crippen LogP contribution in [0.5, 0.6) is 0 Å². The molecule has 6 nitrogen and oxygen atoms in total. The number of hydrogen-bond acceptors (Lipinski definition) is 3. The largest absolute Gasteiger partial charge is 0.352 e. The minimum absolute atomic E-state index is 0.0804. The Labute approximate surface area is 167 Å². The van der Waals surface area contributed by atoms with E-state index in [1.54, 1.807) is 43.3 Å². The van der Waals surface area contributed by atoms with Gasteiger partial charge < -0.3 is 5.32 Å². The van der Waals surface area contributed by atoms with Crippen molar-refractivity contribution in [3.05, 3.63) is 73.9 Å². The Morgan fingerprint density at radius 3 is 2.43 bits per heavy atom. The van der Waals surface area contributed by atoms with E-state index in [1.165, 1.54) is 4.57 Å². The number of benzene rings is 2. The zero-order chi connectivity index (χ0) is 20.6. The highest BCUT2D eigenvalue weighted by molar-refractivity contribution is 6.31. The maximum absolute atomic E-state index is 13.4. The van der Waals surface area contributed by atoms with Crippen molar-refractivity contribution in [3.63, 3.8) is 0 Å². The SMILES string of the molecule is Cc1cccc(-n2c(=O)c3ccc(Cl)cc3n([C@H](C)C(=O)NC(C)C)c2=O)c1. The molecule has 0 fully saturated rings. The molecule has 0 bridgehead atoms. The second-order valence-electron chi connectivity index (χ2n) is 7.13. The molecule has 28 heavy (non-hydrogen) atoms. The fourth-order valence-electron chi connectivity index (χ4n) is 3.19. The number of amides is 1. The van der Waals surface area contributed by atoms with E-state index in [0.29, 0.717) is 21.6 Å². The monoisotopic (exact) mass is 399 g/mol. The lowest BCUT2D eigenvalue weighted by molar-refractivity contribution is -0.124. The first-order valence-corrected chi connectivity index (χ1v) is 9.42. The molecule has 0 aliphatic heterocycles. The Balaban J connectivity index is 2.39. The van der Waals surface area contributed by atoms with Gasteiger partial charge in [-0.3, -0.25) is 14.2 Å². The van der Waals surface area contributed by atoms with Gasteiger partial charge in [0.25, 0.3) is 5.56 Å². The molecule has 3 aromatic rings. The van der Waals surface area contributed by atoms with Gasteiger partial charge in [-0.1, -0.05) is 23.7 Å². The Morgan fingerprint density at radius 1 is 1.07 bits per heavy atom. The Bertz CT molecular complexity index is 1180. The number of fused-ring (bicyclic) bond motifs is 1. The van der Waals surface area contributed by atoms with Crippen molar-refractivity contribution in [2.24, 2.45) is 0 Å². The van der Waals surface area contributed by atoms with Crippen molar-refractivity contribution in [2.75, 3.05) is 0 Å². The van der Waals surface area contributed by atoms with E-state index in [9.17, 15) is 14.4 Å². The number of aromatic nitrogens is 2. The molecule has 0 saturated heterocycles. The van der Waals surface area contributed by atoms with E-state index in [1.807, 2.05) is 26.8 Å². The van der Waals surface area contributed by atoms with E-state index in [0.717, 1.165) is 10.1 Å². The summed E-state index contributed by atoms with van der Waals surface area (Å²) in [5, 5.41) is 3.51. The zero-order valence-corrected chi connectivity index (χ0v) is 16.9. The first-order valence-electron chi connectivity index (χ1n) is 9.05. The number of halogens is 1. The number of carbonyl (C=O) groups is 1. The average molecular weight is 400 g/mol. The lowest BCUT2D eigenvalue weighted by Crippen LogP contribution is -2.44. The lowest BCUT2D eigenvalue weighted by Gasteiger charge is -2.21. The van der Waals surface area contributed by atoms with Crippen molar-refractivity contribution in [3.8, 4) is 5.69 Å². The van der Waals surface area contributed by atoms with Crippen molar-refractivity contribution in [1.82, 2.24) is 14.5 Å². The minimum atomic E-state index is -0.826. The molecule has 3 rings (SSSR count). The molecule has 2 aromatic carbocycles. The van der Waals surface area contributed by atoms with Crippen LogP contribution in [-0.2, 0) is 4.79 Å². The summed E-state index contributed by atoms with van der Waals surface area (Å²) in [5.41, 5.74) is 0.666. The first kappa shape index (κ1) is 19.9. The molecule has 0 unspecified atom stereocenters. The summed E-state index contributed by atoms with van der Waals surface area (Å²) >= 11 is 6.12. The summed E-state index contributed by atoms with van der Waals surface area (Å²) in [4.78, 5) is 39.1. The smallest absolute Gasteiger partial charge is 0.336 e. The third-order valence-electron chi connectivity index (χ3n) is 4.51. The summed E-state index contributed by atoms with van der Waals surface area (Å²) in [6.45, 7) is 7.20. The van der Waals surface area contributed by atoms with E-state index in [4.69, 9.17) is 11.6 Å². The van der Waals surface area contributed by atoms with Crippen LogP contribution in [0.4, 0.5) is 0 Å². The molecule has 0 radical (unpaired) electrons. The normalized spacial score (nSPS) is 12.4. The van der Waals surface area contributed by atoms with Crippen molar-refractivity contribution >= 4 is 28.4 Å². The molecule has 1 N–H and O–H groups in total. The van der Waals surface area contributed by atoms with E-state index < -0.39 is 17.3 Å². The summed E-state index contributed by atoms with van der Waals surface area (Å²) in [6.07, 6.45) is 0. The van der Waals surface area contributed by atoms with Gasteiger partial charge in [0.2, 0.25) is 5.91 Å². The second-order valence-corrected chi connectivity index (χ2v) is 7.57. The highest BCUT2D eigenvalue weighted by Gasteiger charge is 2.23. The van der Waals surface area contributed by atoms with Crippen LogP contribution in [0.2, 0.25) is 5.02 Å². The molecular formula is C21H22ClN3O3. The fourth-order valence-corrected chi connectivity index (χ4v) is 3.36. The number of carbonyl (C=O) groups excluding carboxylic acids is 1. The third-order valence-corrected chi connectivity index (χ3v) is 4.74. The topological polar surface area (TPSA) is 73.1 Å². The summed E-state index contributed by atoms with van der Waals surface area (Å²) in [5.74, 6) is -0.312. The predicted molar refractivity (Wildman–Crippen MR) is 112 cm³/mol. The van der Waals surface area contributed by atoms with Gasteiger partial charge in [-0.25, -0.2) is 9.36 Å². The number of nitrogens with one attached hydrogen (secondary N) is 1. The molecule has 0 spiro atoms. The third kappa shape index (κ3) is 3.60. The Hall–Kier alpha value is -2.86. The zero-order valence-electron chi connectivity index (χ0n) is 16.2. The predicted octanol–water partition coefficient (Wildman–Crippen LogP) is 3.20. The maximum atomic E-state index is 13.4. The number of aryl methyl sites for hydroxylation is 1. The van der Waals surface area contributed by atoms with Gasteiger partial charge in [0, 0.05) is 11.1 Å². The van der Waals surface area contributed by atoms with E-state index in [-0.39, 0.29) is 11.9 Å². The molecule has 1 aromatic heterocycles. The van der Waals surface area contributed by atoms with E-state index in [2.05, 4.69) is 5.32 Å². The van der Waals surface area contributed by atoms with Gasteiger partial charge in [0.05, 0.1) is 16.6 Å². The minimum Gasteiger partial charge on any atom is -0.352 e. The highest BCUT2D eigenvalue weighted by Crippen LogP contribution is 2.20. The van der Waals surface area contributed by atoms with Gasteiger partial charge in [-0.2, -0.15) is 0 Å². The van der Waals surface area contributed by atoms with Gasteiger partial charge in [-0.05, 0) is 63.6 Å².